The predicted octanol–water partition coefficient (Wildman–Crippen LogP) is 1.54. The summed E-state index contributed by atoms with van der Waals surface area (Å²) >= 11 is 0. The van der Waals surface area contributed by atoms with Gasteiger partial charge in [0.15, 0.2) is 0 Å². The van der Waals surface area contributed by atoms with Crippen LogP contribution in [-0.2, 0) is 19.2 Å². The fourth-order valence-corrected chi connectivity index (χ4v) is 1.59. The largest absolute Gasteiger partial charge is 0.481 e. The Morgan fingerprint density at radius 3 is 1.74 bits per heavy atom. The number of hydrogen-bond donors (Lipinski definition) is 4. The maximum atomic E-state index is 10.6. The summed E-state index contributed by atoms with van der Waals surface area (Å²) in [6.07, 6.45) is 4.87. The zero-order valence-corrected chi connectivity index (χ0v) is 12.3. The van der Waals surface area contributed by atoms with Gasteiger partial charge in [0.1, 0.15) is 0 Å². The first-order valence-corrected chi connectivity index (χ1v) is 6.63. The molecule has 0 aromatic rings. The van der Waals surface area contributed by atoms with E-state index in [0.29, 0.717) is 12.8 Å². The van der Waals surface area contributed by atoms with Crippen molar-refractivity contribution in [2.75, 3.05) is 0 Å². The number of allylic oxidation sites excluding steroid dienone is 1. The first-order valence-electron chi connectivity index (χ1n) is 6.63. The van der Waals surface area contributed by atoms with Gasteiger partial charge in [-0.25, -0.2) is 4.79 Å². The average molecular weight is 326 g/mol. The number of hydrogen-bond acceptors (Lipinski definition) is 4. The summed E-state index contributed by atoms with van der Waals surface area (Å²) in [4.78, 5) is 40.8. The topological polar surface area (TPSA) is 149 Å². The number of rotatable bonds is 7. The van der Waals surface area contributed by atoms with E-state index in [2.05, 4.69) is 6.58 Å². The Morgan fingerprint density at radius 1 is 0.957 bits per heavy atom. The van der Waals surface area contributed by atoms with E-state index in [9.17, 15) is 19.2 Å². The van der Waals surface area contributed by atoms with Crippen LogP contribution >= 0.6 is 0 Å². The average Bonchev–Trinajstić information content (AvgIpc) is 2.43. The van der Waals surface area contributed by atoms with Gasteiger partial charge in [0, 0.05) is 12.8 Å². The molecule has 4 N–H and O–H groups in total. The fourth-order valence-electron chi connectivity index (χ4n) is 1.59. The molecule has 0 radical (unpaired) electrons. The molecule has 0 bridgehead atoms. The van der Waals surface area contributed by atoms with Crippen LogP contribution in [0.3, 0.4) is 0 Å². The summed E-state index contributed by atoms with van der Waals surface area (Å²) in [5, 5.41) is 33.5. The Labute approximate surface area is 132 Å². The lowest BCUT2D eigenvalue weighted by atomic mass is 9.92. The second-order valence-electron chi connectivity index (χ2n) is 4.65. The first kappa shape index (κ1) is 20.1. The molecule has 0 amide bonds. The monoisotopic (exact) mass is 326 g/mol. The SMILES string of the molecule is C=C1C=C(C(=O)O)C=CC1C(=O)O.O=C(O)CCCCC(=O)O. The summed E-state index contributed by atoms with van der Waals surface area (Å²) in [6.45, 7) is 3.48. The van der Waals surface area contributed by atoms with Gasteiger partial charge < -0.3 is 20.4 Å². The maximum Gasteiger partial charge on any atom is 0.335 e. The van der Waals surface area contributed by atoms with Crippen molar-refractivity contribution < 1.29 is 39.6 Å². The van der Waals surface area contributed by atoms with Crippen LogP contribution in [0.5, 0.6) is 0 Å². The van der Waals surface area contributed by atoms with Crippen LogP contribution in [0, 0.1) is 5.92 Å². The molecule has 0 heterocycles. The molecule has 0 fully saturated rings. The molecule has 0 aromatic carbocycles. The van der Waals surface area contributed by atoms with Crippen LogP contribution in [0.15, 0.2) is 36.0 Å². The van der Waals surface area contributed by atoms with E-state index in [4.69, 9.17) is 20.4 Å². The van der Waals surface area contributed by atoms with Gasteiger partial charge in [-0.1, -0.05) is 18.7 Å². The molecule has 1 atom stereocenters. The minimum absolute atomic E-state index is 0.0579. The van der Waals surface area contributed by atoms with Crippen molar-refractivity contribution in [1.29, 1.82) is 0 Å². The Kier molecular flexibility index (Phi) is 8.68. The van der Waals surface area contributed by atoms with Gasteiger partial charge in [-0.3, -0.25) is 14.4 Å². The highest BCUT2D eigenvalue weighted by atomic mass is 16.4. The van der Waals surface area contributed by atoms with E-state index >= 15 is 0 Å². The van der Waals surface area contributed by atoms with Gasteiger partial charge in [-0.15, -0.1) is 0 Å². The quantitative estimate of drug-likeness (QED) is 0.515. The maximum absolute atomic E-state index is 10.6. The summed E-state index contributed by atoms with van der Waals surface area (Å²) in [7, 11) is 0. The van der Waals surface area contributed by atoms with Gasteiger partial charge >= 0.3 is 23.9 Å². The molecular weight excluding hydrogens is 308 g/mol. The van der Waals surface area contributed by atoms with Crippen molar-refractivity contribution in [3.63, 3.8) is 0 Å². The molecule has 1 aliphatic carbocycles. The van der Waals surface area contributed by atoms with Gasteiger partial charge in [0.2, 0.25) is 0 Å². The molecule has 1 rings (SSSR count). The van der Waals surface area contributed by atoms with E-state index < -0.39 is 29.8 Å². The summed E-state index contributed by atoms with van der Waals surface area (Å²) in [5.41, 5.74) is 0.343. The smallest absolute Gasteiger partial charge is 0.335 e. The first-order chi connectivity index (χ1) is 10.6. The van der Waals surface area contributed by atoms with Crippen LogP contribution in [0.1, 0.15) is 25.7 Å². The molecule has 0 aliphatic heterocycles. The van der Waals surface area contributed by atoms with Crippen molar-refractivity contribution in [1.82, 2.24) is 0 Å². The van der Waals surface area contributed by atoms with E-state index in [1.807, 2.05) is 0 Å². The molecule has 126 valence electrons. The minimum atomic E-state index is -1.08. The molecular formula is C15H18O8. The van der Waals surface area contributed by atoms with Crippen molar-refractivity contribution in [3.8, 4) is 0 Å². The summed E-state index contributed by atoms with van der Waals surface area (Å²) < 4.78 is 0. The van der Waals surface area contributed by atoms with Crippen LogP contribution in [-0.4, -0.2) is 44.3 Å². The standard InChI is InChI=1S/C9H8O4.C6H10O4/c1-5-4-6(8(10)11)2-3-7(5)9(12)13;7-5(8)3-1-2-4-6(9)10/h2-4,7H,1H2,(H,10,11)(H,12,13);1-4H2,(H,7,8)(H,9,10). The van der Waals surface area contributed by atoms with Crippen LogP contribution in [0.25, 0.3) is 0 Å². The van der Waals surface area contributed by atoms with E-state index in [-0.39, 0.29) is 24.0 Å². The number of unbranched alkanes of at least 4 members (excludes halogenated alkanes) is 1. The van der Waals surface area contributed by atoms with E-state index in [1.54, 1.807) is 0 Å². The zero-order chi connectivity index (χ0) is 18.0. The molecule has 0 saturated heterocycles. The molecule has 23 heavy (non-hydrogen) atoms. The molecule has 1 aliphatic rings. The number of aliphatic carboxylic acids is 4. The van der Waals surface area contributed by atoms with Gasteiger partial charge in [-0.2, -0.15) is 0 Å². The van der Waals surface area contributed by atoms with Crippen molar-refractivity contribution in [2.45, 2.75) is 25.7 Å². The second-order valence-corrected chi connectivity index (χ2v) is 4.65. The van der Waals surface area contributed by atoms with E-state index in [1.165, 1.54) is 18.2 Å². The lowest BCUT2D eigenvalue weighted by Gasteiger charge is -2.12. The zero-order valence-electron chi connectivity index (χ0n) is 12.3. The van der Waals surface area contributed by atoms with Crippen molar-refractivity contribution in [3.05, 3.63) is 36.0 Å². The molecule has 8 heteroatoms. The van der Waals surface area contributed by atoms with Gasteiger partial charge in [-0.05, 0) is 24.5 Å². The third-order valence-corrected chi connectivity index (χ3v) is 2.75. The van der Waals surface area contributed by atoms with E-state index in [0.717, 1.165) is 0 Å². The second kappa shape index (κ2) is 9.93. The van der Waals surface area contributed by atoms with Crippen LogP contribution in [0.4, 0.5) is 0 Å². The number of carbonyl (C=O) groups is 4. The normalized spacial score (nSPS) is 15.9. The molecule has 0 saturated carbocycles. The lowest BCUT2D eigenvalue weighted by molar-refractivity contribution is -0.139. The fraction of sp³-hybridized carbons (Fsp3) is 0.333. The Morgan fingerprint density at radius 2 is 1.43 bits per heavy atom. The van der Waals surface area contributed by atoms with Crippen LogP contribution in [0.2, 0.25) is 0 Å². The highest BCUT2D eigenvalue weighted by molar-refractivity contribution is 5.92. The minimum Gasteiger partial charge on any atom is -0.481 e. The summed E-state index contributed by atoms with van der Waals surface area (Å²) in [5.74, 6) is -4.65. The molecule has 8 nitrogen and oxygen atoms in total. The predicted molar refractivity (Wildman–Crippen MR) is 78.9 cm³/mol. The van der Waals surface area contributed by atoms with Gasteiger partial charge in [0.05, 0.1) is 11.5 Å². The van der Waals surface area contributed by atoms with Crippen LogP contribution < -0.4 is 0 Å². The Balaban J connectivity index is 0.000000438. The molecule has 0 spiro atoms. The Bertz CT molecular complexity index is 540. The number of carboxylic acids is 4. The molecule has 1 unspecified atom stereocenters. The third-order valence-electron chi connectivity index (χ3n) is 2.75. The highest BCUT2D eigenvalue weighted by Crippen LogP contribution is 2.20. The summed E-state index contributed by atoms with van der Waals surface area (Å²) in [6, 6.07) is 0. The lowest BCUT2D eigenvalue weighted by Crippen LogP contribution is -2.16. The number of carboxylic acid groups (broad SMARTS) is 4. The van der Waals surface area contributed by atoms with Gasteiger partial charge in [0.25, 0.3) is 0 Å². The van der Waals surface area contributed by atoms with Crippen molar-refractivity contribution in [2.24, 2.45) is 5.92 Å². The highest BCUT2D eigenvalue weighted by Gasteiger charge is 2.21. The third kappa shape index (κ3) is 8.86. The molecule has 0 aromatic heterocycles. The Hall–Kier alpha value is -2.90. The van der Waals surface area contributed by atoms with Crippen molar-refractivity contribution >= 4 is 23.9 Å².